The van der Waals surface area contributed by atoms with Gasteiger partial charge in [-0.25, -0.2) is 4.39 Å². The molecule has 2 aromatic carbocycles. The number of aromatic nitrogens is 1. The first-order chi connectivity index (χ1) is 11.6. The minimum atomic E-state index is -0.338. The first-order valence-corrected chi connectivity index (χ1v) is 8.04. The molecule has 0 amide bonds. The highest BCUT2D eigenvalue weighted by atomic mass is 32.1. The fourth-order valence-corrected chi connectivity index (χ4v) is 2.89. The van der Waals surface area contributed by atoms with E-state index < -0.39 is 0 Å². The molecule has 1 aromatic heterocycles. The van der Waals surface area contributed by atoms with Crippen LogP contribution in [0.15, 0.2) is 60.9 Å². The summed E-state index contributed by atoms with van der Waals surface area (Å²) in [7, 11) is 0. The van der Waals surface area contributed by atoms with Crippen LogP contribution in [0.5, 0.6) is 0 Å². The van der Waals surface area contributed by atoms with E-state index in [0.29, 0.717) is 16.1 Å². The number of halogens is 1. The van der Waals surface area contributed by atoms with Gasteiger partial charge < -0.3 is 5.32 Å². The molecule has 3 aromatic rings. The summed E-state index contributed by atoms with van der Waals surface area (Å²) in [5, 5.41) is 3.18. The quantitative estimate of drug-likeness (QED) is 0.514. The Bertz CT molecular complexity index is 906. The van der Waals surface area contributed by atoms with Crippen LogP contribution in [0.1, 0.15) is 22.3 Å². The number of anilines is 2. The van der Waals surface area contributed by atoms with Crippen LogP contribution < -0.4 is 5.32 Å². The van der Waals surface area contributed by atoms with Gasteiger partial charge in [-0.05, 0) is 54.8 Å². The molecular weight excluding hydrogens is 319 g/mol. The zero-order chi connectivity index (χ0) is 17.1. The second kappa shape index (κ2) is 6.89. The van der Waals surface area contributed by atoms with Gasteiger partial charge in [0.1, 0.15) is 5.82 Å². The summed E-state index contributed by atoms with van der Waals surface area (Å²) in [6.45, 7) is 3.95. The number of nitrogens with one attached hydrogen (secondary N) is 1. The monoisotopic (exact) mass is 336 g/mol. The molecule has 2 nitrogen and oxygen atoms in total. The first-order valence-electron chi connectivity index (χ1n) is 7.64. The van der Waals surface area contributed by atoms with E-state index in [1.54, 1.807) is 18.5 Å². The summed E-state index contributed by atoms with van der Waals surface area (Å²) in [5.41, 5.74) is 4.93. The molecule has 0 saturated carbocycles. The third kappa shape index (κ3) is 3.34. The van der Waals surface area contributed by atoms with Crippen LogP contribution in [0.3, 0.4) is 0 Å². The minimum absolute atomic E-state index is 0.338. The van der Waals surface area contributed by atoms with Gasteiger partial charge in [0.25, 0.3) is 0 Å². The molecule has 24 heavy (non-hydrogen) atoms. The highest BCUT2D eigenvalue weighted by Crippen LogP contribution is 2.24. The van der Waals surface area contributed by atoms with Crippen LogP contribution in [0.2, 0.25) is 0 Å². The molecule has 0 unspecified atom stereocenters. The Kier molecular flexibility index (Phi) is 4.67. The van der Waals surface area contributed by atoms with E-state index in [1.807, 2.05) is 50.2 Å². The molecule has 0 radical (unpaired) electrons. The smallest absolute Gasteiger partial charge is 0.133 e. The van der Waals surface area contributed by atoms with Crippen molar-refractivity contribution in [3.63, 3.8) is 0 Å². The highest BCUT2D eigenvalue weighted by molar-refractivity contribution is 7.81. The van der Waals surface area contributed by atoms with Crippen molar-refractivity contribution < 1.29 is 4.39 Å². The average Bonchev–Trinajstić information content (AvgIpc) is 2.57. The summed E-state index contributed by atoms with van der Waals surface area (Å²) < 4.78 is 14.6. The minimum Gasteiger partial charge on any atom is -0.354 e. The summed E-state index contributed by atoms with van der Waals surface area (Å²) in [6.07, 6.45) is 3.45. The van der Waals surface area contributed by atoms with E-state index in [1.165, 1.54) is 6.07 Å². The van der Waals surface area contributed by atoms with Gasteiger partial charge in [-0.1, -0.05) is 36.5 Å². The van der Waals surface area contributed by atoms with E-state index in [2.05, 4.69) is 10.3 Å². The van der Waals surface area contributed by atoms with Crippen molar-refractivity contribution >= 4 is 28.5 Å². The van der Waals surface area contributed by atoms with Gasteiger partial charge >= 0.3 is 0 Å². The molecule has 0 atom stereocenters. The molecule has 1 N–H and O–H groups in total. The number of benzene rings is 2. The van der Waals surface area contributed by atoms with Gasteiger partial charge in [-0.2, -0.15) is 0 Å². The standard InChI is InChI=1S/C20H17FN2S/c1-13-5-3-4-6-16(13)20(24)17-8-7-15(11-18(17)21)23-19-12-22-10-9-14(19)2/h3-12,23H,1-2H3. The number of pyridine rings is 1. The van der Waals surface area contributed by atoms with Gasteiger partial charge in [0.15, 0.2) is 0 Å². The Morgan fingerprint density at radius 3 is 2.50 bits per heavy atom. The number of hydrogen-bond acceptors (Lipinski definition) is 3. The summed E-state index contributed by atoms with van der Waals surface area (Å²) >= 11 is 5.49. The predicted octanol–water partition coefficient (Wildman–Crippen LogP) is 5.35. The molecule has 0 saturated heterocycles. The maximum atomic E-state index is 14.6. The maximum absolute atomic E-state index is 14.6. The Hall–Kier alpha value is -2.59. The van der Waals surface area contributed by atoms with E-state index in [0.717, 1.165) is 22.4 Å². The normalized spacial score (nSPS) is 10.5. The first kappa shape index (κ1) is 16.3. The van der Waals surface area contributed by atoms with E-state index in [9.17, 15) is 4.39 Å². The average molecular weight is 336 g/mol. The van der Waals surface area contributed by atoms with Gasteiger partial charge in [0, 0.05) is 17.4 Å². The Morgan fingerprint density at radius 1 is 1.00 bits per heavy atom. The second-order valence-electron chi connectivity index (χ2n) is 5.65. The summed E-state index contributed by atoms with van der Waals surface area (Å²) in [5.74, 6) is -0.338. The number of nitrogens with zero attached hydrogens (tertiary/aromatic N) is 1. The predicted molar refractivity (Wildman–Crippen MR) is 101 cm³/mol. The molecule has 0 aliphatic heterocycles. The van der Waals surface area contributed by atoms with Crippen LogP contribution in [0.4, 0.5) is 15.8 Å². The third-order valence-electron chi connectivity index (χ3n) is 3.92. The molecule has 0 fully saturated rings. The van der Waals surface area contributed by atoms with Crippen molar-refractivity contribution in [3.05, 3.63) is 89.0 Å². The van der Waals surface area contributed by atoms with Crippen molar-refractivity contribution in [3.8, 4) is 0 Å². The van der Waals surface area contributed by atoms with Gasteiger partial charge in [-0.3, -0.25) is 4.98 Å². The zero-order valence-electron chi connectivity index (χ0n) is 13.5. The third-order valence-corrected chi connectivity index (χ3v) is 4.36. The van der Waals surface area contributed by atoms with Crippen molar-refractivity contribution in [1.82, 2.24) is 4.98 Å². The number of hydrogen-bond donors (Lipinski definition) is 1. The van der Waals surface area contributed by atoms with Gasteiger partial charge in [-0.15, -0.1) is 0 Å². The maximum Gasteiger partial charge on any atom is 0.133 e. The van der Waals surface area contributed by atoms with Crippen LogP contribution >= 0.6 is 12.2 Å². The van der Waals surface area contributed by atoms with Crippen LogP contribution in [-0.2, 0) is 0 Å². The van der Waals surface area contributed by atoms with Crippen molar-refractivity contribution in [1.29, 1.82) is 0 Å². The fraction of sp³-hybridized carbons (Fsp3) is 0.100. The molecule has 0 aliphatic carbocycles. The molecular formula is C20H17FN2S. The lowest BCUT2D eigenvalue weighted by Crippen LogP contribution is -2.05. The van der Waals surface area contributed by atoms with Gasteiger partial charge in [0.2, 0.25) is 0 Å². The molecule has 4 heteroatoms. The van der Waals surface area contributed by atoms with E-state index >= 15 is 0 Å². The molecule has 0 spiro atoms. The van der Waals surface area contributed by atoms with E-state index in [-0.39, 0.29) is 5.82 Å². The lowest BCUT2D eigenvalue weighted by Gasteiger charge is -2.12. The van der Waals surface area contributed by atoms with Crippen molar-refractivity contribution in [2.45, 2.75) is 13.8 Å². The Labute approximate surface area is 146 Å². The molecule has 0 bridgehead atoms. The SMILES string of the molecule is Cc1ccncc1Nc1ccc(C(=S)c2ccccc2C)c(F)c1. The Balaban J connectivity index is 1.89. The summed E-state index contributed by atoms with van der Waals surface area (Å²) in [6, 6.07) is 14.7. The van der Waals surface area contributed by atoms with Gasteiger partial charge in [0.05, 0.1) is 16.7 Å². The lowest BCUT2D eigenvalue weighted by molar-refractivity contribution is 0.626. The number of thiocarbonyl (C=S) groups is 1. The lowest BCUT2D eigenvalue weighted by atomic mass is 9.99. The fourth-order valence-electron chi connectivity index (χ4n) is 2.50. The molecule has 3 rings (SSSR count). The second-order valence-corrected chi connectivity index (χ2v) is 6.06. The van der Waals surface area contributed by atoms with Crippen LogP contribution in [0, 0.1) is 19.7 Å². The topological polar surface area (TPSA) is 24.9 Å². The van der Waals surface area contributed by atoms with Crippen molar-refractivity contribution in [2.75, 3.05) is 5.32 Å². The van der Waals surface area contributed by atoms with Crippen LogP contribution in [-0.4, -0.2) is 9.85 Å². The molecule has 120 valence electrons. The largest absolute Gasteiger partial charge is 0.354 e. The Morgan fingerprint density at radius 2 is 1.79 bits per heavy atom. The molecule has 1 heterocycles. The van der Waals surface area contributed by atoms with Crippen LogP contribution in [0.25, 0.3) is 0 Å². The highest BCUT2D eigenvalue weighted by Gasteiger charge is 2.12. The summed E-state index contributed by atoms with van der Waals surface area (Å²) in [4.78, 5) is 4.61. The molecule has 0 aliphatic rings. The van der Waals surface area contributed by atoms with Crippen molar-refractivity contribution in [2.24, 2.45) is 0 Å². The number of aryl methyl sites for hydroxylation is 2. The zero-order valence-corrected chi connectivity index (χ0v) is 14.3. The van der Waals surface area contributed by atoms with E-state index in [4.69, 9.17) is 12.2 Å². The number of rotatable bonds is 4.